The minimum absolute atomic E-state index is 0.00788. The van der Waals surface area contributed by atoms with Crippen molar-refractivity contribution in [2.45, 2.75) is 25.8 Å². The highest BCUT2D eigenvalue weighted by Gasteiger charge is 2.31. The third kappa shape index (κ3) is 4.80. The minimum atomic E-state index is -0.152. The van der Waals surface area contributed by atoms with Crippen LogP contribution in [0.25, 0.3) is 0 Å². The Balaban J connectivity index is 1.24. The van der Waals surface area contributed by atoms with Crippen molar-refractivity contribution in [3.05, 3.63) is 54.1 Å². The van der Waals surface area contributed by atoms with Crippen LogP contribution in [-0.4, -0.2) is 49.6 Å². The number of anilines is 2. The number of ether oxygens (including phenoxy) is 1. The molecule has 5 heteroatoms. The summed E-state index contributed by atoms with van der Waals surface area (Å²) in [6.07, 6.45) is 2.75. The molecule has 1 N–H and O–H groups in total. The molecule has 0 unspecified atom stereocenters. The van der Waals surface area contributed by atoms with Crippen molar-refractivity contribution in [3.63, 3.8) is 0 Å². The van der Waals surface area contributed by atoms with E-state index in [0.29, 0.717) is 5.75 Å². The molecular formula is C22H27N3O2. The summed E-state index contributed by atoms with van der Waals surface area (Å²) in [5.74, 6) is 0.554. The summed E-state index contributed by atoms with van der Waals surface area (Å²) in [7, 11) is 0. The van der Waals surface area contributed by atoms with Crippen LogP contribution in [0, 0.1) is 6.92 Å². The SMILES string of the molecule is Cc1ccc(OCC(=O)Nc2ccc(N3CCN(C4CC4)CC3)cc2)cc1. The molecule has 1 heterocycles. The molecule has 1 saturated heterocycles. The number of hydrogen-bond acceptors (Lipinski definition) is 4. The highest BCUT2D eigenvalue weighted by Crippen LogP contribution is 2.28. The van der Waals surface area contributed by atoms with Crippen LogP contribution in [0.4, 0.5) is 11.4 Å². The zero-order valence-electron chi connectivity index (χ0n) is 15.9. The lowest BCUT2D eigenvalue weighted by atomic mass is 10.2. The number of carbonyl (C=O) groups excluding carboxylic acids is 1. The van der Waals surface area contributed by atoms with Crippen LogP contribution in [0.1, 0.15) is 18.4 Å². The van der Waals surface area contributed by atoms with Gasteiger partial charge < -0.3 is 15.0 Å². The highest BCUT2D eigenvalue weighted by atomic mass is 16.5. The minimum Gasteiger partial charge on any atom is -0.484 e. The Morgan fingerprint density at radius 2 is 1.67 bits per heavy atom. The monoisotopic (exact) mass is 365 g/mol. The summed E-state index contributed by atoms with van der Waals surface area (Å²) in [5, 5.41) is 2.89. The van der Waals surface area contributed by atoms with Gasteiger partial charge in [-0.2, -0.15) is 0 Å². The molecule has 0 radical (unpaired) electrons. The molecule has 0 spiro atoms. The molecule has 0 atom stereocenters. The van der Waals surface area contributed by atoms with Gasteiger partial charge in [-0.25, -0.2) is 0 Å². The summed E-state index contributed by atoms with van der Waals surface area (Å²) in [5.41, 5.74) is 3.19. The number of rotatable bonds is 6. The first kappa shape index (κ1) is 17.9. The van der Waals surface area contributed by atoms with Crippen LogP contribution in [0.15, 0.2) is 48.5 Å². The average Bonchev–Trinajstić information content (AvgIpc) is 3.54. The van der Waals surface area contributed by atoms with Crippen LogP contribution in [0.2, 0.25) is 0 Å². The summed E-state index contributed by atoms with van der Waals surface area (Å²) in [6, 6.07) is 16.6. The van der Waals surface area contributed by atoms with Gasteiger partial charge in [0.15, 0.2) is 6.61 Å². The Labute approximate surface area is 160 Å². The Hall–Kier alpha value is -2.53. The van der Waals surface area contributed by atoms with Crippen LogP contribution in [0.3, 0.4) is 0 Å². The number of piperazine rings is 1. The van der Waals surface area contributed by atoms with Crippen molar-refractivity contribution in [2.24, 2.45) is 0 Å². The fourth-order valence-corrected chi connectivity index (χ4v) is 3.52. The summed E-state index contributed by atoms with van der Waals surface area (Å²) in [4.78, 5) is 17.1. The van der Waals surface area contributed by atoms with Gasteiger partial charge in [-0.3, -0.25) is 9.69 Å². The maximum Gasteiger partial charge on any atom is 0.262 e. The summed E-state index contributed by atoms with van der Waals surface area (Å²) >= 11 is 0. The molecule has 0 aromatic heterocycles. The number of carbonyl (C=O) groups is 1. The van der Waals surface area contributed by atoms with E-state index in [1.165, 1.54) is 24.1 Å². The molecule has 2 aromatic carbocycles. The molecule has 2 aliphatic rings. The molecule has 5 nitrogen and oxygen atoms in total. The first-order valence-corrected chi connectivity index (χ1v) is 9.76. The van der Waals surface area contributed by atoms with Gasteiger partial charge in [0.2, 0.25) is 0 Å². The number of amides is 1. The van der Waals surface area contributed by atoms with Gasteiger partial charge in [0.1, 0.15) is 5.75 Å². The Morgan fingerprint density at radius 3 is 2.30 bits per heavy atom. The Bertz CT molecular complexity index is 761. The van der Waals surface area contributed by atoms with E-state index in [1.807, 2.05) is 43.3 Å². The van der Waals surface area contributed by atoms with Gasteiger partial charge in [0.05, 0.1) is 0 Å². The molecule has 27 heavy (non-hydrogen) atoms. The Kier molecular flexibility index (Phi) is 5.30. The third-order valence-corrected chi connectivity index (χ3v) is 5.28. The molecular weight excluding hydrogens is 338 g/mol. The maximum atomic E-state index is 12.1. The number of hydrogen-bond donors (Lipinski definition) is 1. The molecule has 2 aromatic rings. The quantitative estimate of drug-likeness (QED) is 0.853. The van der Waals surface area contributed by atoms with E-state index in [0.717, 1.165) is 37.9 Å². The lowest BCUT2D eigenvalue weighted by Gasteiger charge is -2.36. The van der Waals surface area contributed by atoms with E-state index < -0.39 is 0 Å². The van der Waals surface area contributed by atoms with Gasteiger partial charge in [0.25, 0.3) is 5.91 Å². The van der Waals surface area contributed by atoms with E-state index in [4.69, 9.17) is 4.74 Å². The predicted molar refractivity (Wildman–Crippen MR) is 109 cm³/mol. The van der Waals surface area contributed by atoms with Gasteiger partial charge >= 0.3 is 0 Å². The van der Waals surface area contributed by atoms with Crippen LogP contribution in [-0.2, 0) is 4.79 Å². The van der Waals surface area contributed by atoms with E-state index in [-0.39, 0.29) is 12.5 Å². The lowest BCUT2D eigenvalue weighted by Crippen LogP contribution is -2.47. The number of nitrogens with one attached hydrogen (secondary N) is 1. The lowest BCUT2D eigenvalue weighted by molar-refractivity contribution is -0.118. The first-order valence-electron chi connectivity index (χ1n) is 9.76. The molecule has 2 fully saturated rings. The van der Waals surface area contributed by atoms with Gasteiger partial charge in [0, 0.05) is 43.6 Å². The molecule has 4 rings (SSSR count). The molecule has 142 valence electrons. The standard InChI is InChI=1S/C22H27N3O2/c1-17-2-10-21(11-3-17)27-16-22(26)23-18-4-6-19(7-5-18)24-12-14-25(15-13-24)20-8-9-20/h2-7,10-11,20H,8-9,12-16H2,1H3,(H,23,26). The highest BCUT2D eigenvalue weighted by molar-refractivity contribution is 5.92. The van der Waals surface area contributed by atoms with Crippen LogP contribution >= 0.6 is 0 Å². The third-order valence-electron chi connectivity index (χ3n) is 5.28. The van der Waals surface area contributed by atoms with Crippen LogP contribution < -0.4 is 15.0 Å². The molecule has 1 aliphatic heterocycles. The van der Waals surface area contributed by atoms with Crippen molar-refractivity contribution >= 4 is 17.3 Å². The van der Waals surface area contributed by atoms with Crippen molar-refractivity contribution in [1.82, 2.24) is 4.90 Å². The average molecular weight is 365 g/mol. The summed E-state index contributed by atoms with van der Waals surface area (Å²) < 4.78 is 5.52. The van der Waals surface area contributed by atoms with Gasteiger partial charge in [-0.05, 0) is 56.2 Å². The fraction of sp³-hybridized carbons (Fsp3) is 0.409. The zero-order valence-corrected chi connectivity index (χ0v) is 15.9. The topological polar surface area (TPSA) is 44.8 Å². The van der Waals surface area contributed by atoms with Crippen molar-refractivity contribution in [3.8, 4) is 5.75 Å². The smallest absolute Gasteiger partial charge is 0.262 e. The van der Waals surface area contributed by atoms with Gasteiger partial charge in [-0.15, -0.1) is 0 Å². The van der Waals surface area contributed by atoms with E-state index in [9.17, 15) is 4.79 Å². The van der Waals surface area contributed by atoms with E-state index >= 15 is 0 Å². The number of nitrogens with zero attached hydrogens (tertiary/aromatic N) is 2. The van der Waals surface area contributed by atoms with Crippen molar-refractivity contribution in [1.29, 1.82) is 0 Å². The van der Waals surface area contributed by atoms with Crippen LogP contribution in [0.5, 0.6) is 5.75 Å². The molecule has 1 amide bonds. The maximum absolute atomic E-state index is 12.1. The van der Waals surface area contributed by atoms with Gasteiger partial charge in [-0.1, -0.05) is 17.7 Å². The number of aryl methyl sites for hydroxylation is 1. The second kappa shape index (κ2) is 8.01. The molecule has 1 saturated carbocycles. The Morgan fingerprint density at radius 1 is 1.00 bits per heavy atom. The first-order chi connectivity index (χ1) is 13.2. The second-order valence-electron chi connectivity index (χ2n) is 7.45. The predicted octanol–water partition coefficient (Wildman–Crippen LogP) is 3.30. The fourth-order valence-electron chi connectivity index (χ4n) is 3.52. The van der Waals surface area contributed by atoms with E-state index in [1.54, 1.807) is 0 Å². The van der Waals surface area contributed by atoms with Crippen molar-refractivity contribution < 1.29 is 9.53 Å². The zero-order chi connectivity index (χ0) is 18.6. The molecule has 0 bridgehead atoms. The second-order valence-corrected chi connectivity index (χ2v) is 7.45. The number of benzene rings is 2. The normalized spacial score (nSPS) is 17.6. The van der Waals surface area contributed by atoms with Crippen molar-refractivity contribution in [2.75, 3.05) is 43.0 Å². The molecule has 1 aliphatic carbocycles. The van der Waals surface area contributed by atoms with E-state index in [2.05, 4.69) is 27.2 Å². The largest absolute Gasteiger partial charge is 0.484 e. The summed E-state index contributed by atoms with van der Waals surface area (Å²) in [6.45, 7) is 6.49.